The molecule has 2 aromatic rings. The van der Waals surface area contributed by atoms with E-state index in [1.807, 2.05) is 0 Å². The van der Waals surface area contributed by atoms with Gasteiger partial charge in [-0.2, -0.15) is 13.2 Å². The van der Waals surface area contributed by atoms with Gasteiger partial charge in [0.15, 0.2) is 0 Å². The SMILES string of the molecule is CCC1(c2ccc(Cl)cc2)c2cc(Cl)ccc2NC(=O)N1CC(F)(F)F. The molecule has 26 heavy (non-hydrogen) atoms. The van der Waals surface area contributed by atoms with Crippen molar-refractivity contribution in [3.05, 3.63) is 63.6 Å². The summed E-state index contributed by atoms with van der Waals surface area (Å²) in [5, 5.41) is 3.36. The molecule has 0 bridgehead atoms. The summed E-state index contributed by atoms with van der Waals surface area (Å²) in [4.78, 5) is 13.4. The highest BCUT2D eigenvalue weighted by Gasteiger charge is 2.50. The molecule has 2 amide bonds. The van der Waals surface area contributed by atoms with Crippen LogP contribution >= 0.6 is 23.2 Å². The molecule has 1 aliphatic rings. The second kappa shape index (κ2) is 6.67. The van der Waals surface area contributed by atoms with Crippen molar-refractivity contribution >= 4 is 34.9 Å². The average molecular weight is 403 g/mol. The molecule has 1 unspecified atom stereocenters. The molecule has 0 aromatic heterocycles. The van der Waals surface area contributed by atoms with Crippen LogP contribution in [-0.4, -0.2) is 23.7 Å². The number of carbonyl (C=O) groups is 1. The molecule has 138 valence electrons. The first kappa shape index (κ1) is 18.9. The molecule has 0 spiro atoms. The van der Waals surface area contributed by atoms with E-state index in [0.717, 1.165) is 4.90 Å². The number of anilines is 1. The summed E-state index contributed by atoms with van der Waals surface area (Å²) in [6.45, 7) is 0.350. The minimum atomic E-state index is -4.56. The van der Waals surface area contributed by atoms with E-state index >= 15 is 0 Å². The van der Waals surface area contributed by atoms with Gasteiger partial charge >= 0.3 is 12.2 Å². The summed E-state index contributed by atoms with van der Waals surface area (Å²) in [6.07, 6.45) is -4.33. The Balaban J connectivity index is 2.30. The highest BCUT2D eigenvalue weighted by Crippen LogP contribution is 2.47. The third kappa shape index (κ3) is 3.23. The number of nitrogens with one attached hydrogen (secondary N) is 1. The molecule has 0 radical (unpaired) electrons. The zero-order chi connectivity index (χ0) is 19.1. The quantitative estimate of drug-likeness (QED) is 0.664. The number of hydrogen-bond donors (Lipinski definition) is 1. The fourth-order valence-corrected chi connectivity index (χ4v) is 3.78. The maximum absolute atomic E-state index is 13.3. The lowest BCUT2D eigenvalue weighted by atomic mass is 9.77. The normalized spacial score (nSPS) is 19.9. The van der Waals surface area contributed by atoms with Gasteiger partial charge < -0.3 is 10.2 Å². The lowest BCUT2D eigenvalue weighted by molar-refractivity contribution is -0.148. The first-order valence-electron chi connectivity index (χ1n) is 7.89. The minimum absolute atomic E-state index is 0.228. The summed E-state index contributed by atoms with van der Waals surface area (Å²) >= 11 is 12.1. The van der Waals surface area contributed by atoms with Gasteiger partial charge in [0.1, 0.15) is 6.54 Å². The number of urea groups is 1. The van der Waals surface area contributed by atoms with Crippen molar-refractivity contribution in [2.75, 3.05) is 11.9 Å². The molecule has 3 rings (SSSR count). The molecule has 1 heterocycles. The Kier molecular flexibility index (Phi) is 4.84. The number of fused-ring (bicyclic) bond motifs is 1. The molecule has 1 N–H and O–H groups in total. The lowest BCUT2D eigenvalue weighted by Gasteiger charge is -2.48. The number of hydrogen-bond acceptors (Lipinski definition) is 1. The van der Waals surface area contributed by atoms with Crippen molar-refractivity contribution in [1.29, 1.82) is 0 Å². The second-order valence-corrected chi connectivity index (χ2v) is 6.91. The highest BCUT2D eigenvalue weighted by atomic mass is 35.5. The van der Waals surface area contributed by atoms with Gasteiger partial charge in [0, 0.05) is 21.3 Å². The molecule has 1 aliphatic heterocycles. The molecular formula is C18H15Cl2F3N2O. The number of nitrogens with zero attached hydrogens (tertiary/aromatic N) is 1. The fourth-order valence-electron chi connectivity index (χ4n) is 3.48. The Morgan fingerprint density at radius 3 is 2.27 bits per heavy atom. The molecule has 0 saturated carbocycles. The number of amides is 2. The van der Waals surface area contributed by atoms with Gasteiger partial charge in [-0.15, -0.1) is 0 Å². The summed E-state index contributed by atoms with van der Waals surface area (Å²) in [5.74, 6) is 0. The van der Waals surface area contributed by atoms with Crippen LogP contribution in [0.5, 0.6) is 0 Å². The first-order valence-corrected chi connectivity index (χ1v) is 8.64. The Morgan fingerprint density at radius 2 is 1.69 bits per heavy atom. The van der Waals surface area contributed by atoms with E-state index in [-0.39, 0.29) is 6.42 Å². The van der Waals surface area contributed by atoms with Gasteiger partial charge in [0.05, 0.1) is 5.54 Å². The minimum Gasteiger partial charge on any atom is -0.307 e. The van der Waals surface area contributed by atoms with Crippen molar-refractivity contribution in [2.24, 2.45) is 0 Å². The van der Waals surface area contributed by atoms with E-state index in [1.54, 1.807) is 49.4 Å². The van der Waals surface area contributed by atoms with Crippen LogP contribution in [-0.2, 0) is 5.54 Å². The summed E-state index contributed by atoms with van der Waals surface area (Å²) in [7, 11) is 0. The van der Waals surface area contributed by atoms with Gasteiger partial charge in [-0.3, -0.25) is 0 Å². The Morgan fingerprint density at radius 1 is 1.08 bits per heavy atom. The van der Waals surface area contributed by atoms with Gasteiger partial charge in [-0.1, -0.05) is 42.3 Å². The van der Waals surface area contributed by atoms with Crippen LogP contribution in [0.2, 0.25) is 10.0 Å². The molecule has 0 aliphatic carbocycles. The molecule has 8 heteroatoms. The zero-order valence-electron chi connectivity index (χ0n) is 13.7. The van der Waals surface area contributed by atoms with E-state index in [9.17, 15) is 18.0 Å². The summed E-state index contributed by atoms with van der Waals surface area (Å²) in [5.41, 5.74) is 0.170. The van der Waals surface area contributed by atoms with Crippen molar-refractivity contribution in [3.63, 3.8) is 0 Å². The van der Waals surface area contributed by atoms with Crippen molar-refractivity contribution in [3.8, 4) is 0 Å². The third-order valence-electron chi connectivity index (χ3n) is 4.55. The van der Waals surface area contributed by atoms with E-state index in [4.69, 9.17) is 23.2 Å². The monoisotopic (exact) mass is 402 g/mol. The third-order valence-corrected chi connectivity index (χ3v) is 5.03. The average Bonchev–Trinajstić information content (AvgIpc) is 2.56. The van der Waals surface area contributed by atoms with Crippen molar-refractivity contribution in [1.82, 2.24) is 4.90 Å². The van der Waals surface area contributed by atoms with E-state index in [2.05, 4.69) is 5.32 Å². The number of alkyl halides is 3. The lowest BCUT2D eigenvalue weighted by Crippen LogP contribution is -2.57. The van der Waals surface area contributed by atoms with Crippen LogP contribution in [0.4, 0.5) is 23.7 Å². The topological polar surface area (TPSA) is 32.3 Å². The predicted molar refractivity (Wildman–Crippen MR) is 95.8 cm³/mol. The van der Waals surface area contributed by atoms with Crippen LogP contribution in [0.1, 0.15) is 24.5 Å². The summed E-state index contributed by atoms with van der Waals surface area (Å²) in [6, 6.07) is 10.4. The largest absolute Gasteiger partial charge is 0.406 e. The smallest absolute Gasteiger partial charge is 0.307 e. The Bertz CT molecular complexity index is 839. The number of halogens is 5. The van der Waals surface area contributed by atoms with E-state index in [0.29, 0.717) is 26.9 Å². The van der Waals surface area contributed by atoms with Crippen molar-refractivity contribution in [2.45, 2.75) is 25.1 Å². The van der Waals surface area contributed by atoms with Gasteiger partial charge in [0.25, 0.3) is 0 Å². The van der Waals surface area contributed by atoms with E-state index in [1.165, 1.54) is 0 Å². The standard InChI is InChI=1S/C18H15Cl2F3N2O/c1-2-17(11-3-5-12(19)6-4-11)14-9-13(20)7-8-15(14)24-16(26)25(17)10-18(21,22)23/h3-9H,2,10H2,1H3,(H,24,26). The van der Waals surface area contributed by atoms with Gasteiger partial charge in [-0.05, 0) is 42.3 Å². The van der Waals surface area contributed by atoms with E-state index < -0.39 is 24.3 Å². The predicted octanol–water partition coefficient (Wildman–Crippen LogP) is 6.06. The number of benzene rings is 2. The zero-order valence-corrected chi connectivity index (χ0v) is 15.2. The Hall–Kier alpha value is -1.92. The molecule has 0 saturated heterocycles. The van der Waals surface area contributed by atoms with Crippen LogP contribution in [0.15, 0.2) is 42.5 Å². The number of carbonyl (C=O) groups excluding carboxylic acids is 1. The van der Waals surface area contributed by atoms with Crippen LogP contribution in [0.25, 0.3) is 0 Å². The molecule has 2 aromatic carbocycles. The van der Waals surface area contributed by atoms with Crippen LogP contribution < -0.4 is 5.32 Å². The van der Waals surface area contributed by atoms with Crippen LogP contribution in [0, 0.1) is 0 Å². The Labute approximate surface area is 158 Å². The van der Waals surface area contributed by atoms with Crippen LogP contribution in [0.3, 0.4) is 0 Å². The number of rotatable bonds is 3. The maximum atomic E-state index is 13.3. The maximum Gasteiger partial charge on any atom is 0.406 e. The van der Waals surface area contributed by atoms with Crippen molar-refractivity contribution < 1.29 is 18.0 Å². The molecule has 0 fully saturated rings. The first-order chi connectivity index (χ1) is 12.2. The summed E-state index contributed by atoms with van der Waals surface area (Å²) < 4.78 is 39.8. The molecule has 1 atom stereocenters. The van der Waals surface area contributed by atoms with Gasteiger partial charge in [-0.25, -0.2) is 4.79 Å². The van der Waals surface area contributed by atoms with Gasteiger partial charge in [0.2, 0.25) is 0 Å². The highest BCUT2D eigenvalue weighted by molar-refractivity contribution is 6.31. The second-order valence-electron chi connectivity index (χ2n) is 6.04. The molecular weight excluding hydrogens is 388 g/mol. The fraction of sp³-hybridized carbons (Fsp3) is 0.278. The molecule has 3 nitrogen and oxygen atoms in total.